The molecule has 0 bridgehead atoms. The number of fused-ring (bicyclic) bond motifs is 1. The quantitative estimate of drug-likeness (QED) is 0.802. The molecule has 1 aliphatic heterocycles. The van der Waals surface area contributed by atoms with Gasteiger partial charge in [-0.1, -0.05) is 34.1 Å². The molecule has 25 heavy (non-hydrogen) atoms. The van der Waals surface area contributed by atoms with Crippen molar-refractivity contribution in [3.8, 4) is 5.75 Å². The first-order valence-corrected chi connectivity index (χ1v) is 9.19. The van der Waals surface area contributed by atoms with Crippen LogP contribution in [-0.4, -0.2) is 35.2 Å². The monoisotopic (exact) mass is 402 g/mol. The van der Waals surface area contributed by atoms with Gasteiger partial charge in [0.15, 0.2) is 0 Å². The molecule has 5 nitrogen and oxygen atoms in total. The average molecular weight is 403 g/mol. The Balaban J connectivity index is 1.70. The van der Waals surface area contributed by atoms with Gasteiger partial charge in [-0.25, -0.2) is 0 Å². The summed E-state index contributed by atoms with van der Waals surface area (Å²) >= 11 is 3.61. The number of rotatable bonds is 5. The fourth-order valence-electron chi connectivity index (χ4n) is 3.21. The topological polar surface area (TPSA) is 61.8 Å². The Morgan fingerprint density at radius 2 is 2.04 bits per heavy atom. The van der Waals surface area contributed by atoms with Crippen LogP contribution in [0, 0.1) is 0 Å². The number of aliphatic hydroxyl groups excluding tert-OH is 1. The predicted molar refractivity (Wildman–Crippen MR) is 98.7 cm³/mol. The van der Waals surface area contributed by atoms with Crippen LogP contribution < -0.4 is 10.1 Å². The minimum Gasteiger partial charge on any atom is -0.491 e. The third-order valence-electron chi connectivity index (χ3n) is 4.53. The molecular weight excluding hydrogens is 384 g/mol. The van der Waals surface area contributed by atoms with Crippen molar-refractivity contribution in [2.75, 3.05) is 18.5 Å². The molecule has 2 aliphatic rings. The minimum absolute atomic E-state index is 0.0235. The molecule has 1 atom stereocenters. The normalized spacial score (nSPS) is 19.4. The van der Waals surface area contributed by atoms with E-state index in [-0.39, 0.29) is 31.3 Å². The fraction of sp³-hybridized carbons (Fsp3) is 0.316. The molecule has 1 saturated carbocycles. The van der Waals surface area contributed by atoms with Crippen LogP contribution in [0.15, 0.2) is 46.9 Å². The van der Waals surface area contributed by atoms with Crippen molar-refractivity contribution < 1.29 is 14.6 Å². The van der Waals surface area contributed by atoms with Gasteiger partial charge >= 0.3 is 0 Å². The smallest absolute Gasteiger partial charge is 0.258 e. The molecule has 0 radical (unpaired) electrons. The number of amides is 1. The number of nitrogens with zero attached hydrogens (tertiary/aromatic N) is 1. The summed E-state index contributed by atoms with van der Waals surface area (Å²) in [6, 6.07) is 13.6. The number of nitrogens with one attached hydrogen (secondary N) is 1. The van der Waals surface area contributed by atoms with Gasteiger partial charge in [0.25, 0.3) is 5.91 Å². The fourth-order valence-corrected chi connectivity index (χ4v) is 3.78. The van der Waals surface area contributed by atoms with Gasteiger partial charge in [0.05, 0.1) is 12.2 Å². The van der Waals surface area contributed by atoms with E-state index in [0.29, 0.717) is 5.75 Å². The number of anilines is 1. The van der Waals surface area contributed by atoms with E-state index < -0.39 is 0 Å². The molecule has 1 fully saturated rings. The summed E-state index contributed by atoms with van der Waals surface area (Å²) in [6.45, 7) is 0.234. The minimum atomic E-state index is -0.212. The van der Waals surface area contributed by atoms with Gasteiger partial charge in [-0.2, -0.15) is 0 Å². The summed E-state index contributed by atoms with van der Waals surface area (Å²) in [7, 11) is 0. The maximum atomic E-state index is 13.0. The number of carbonyl (C=O) groups excluding carboxylic acids is 1. The SMILES string of the molecule is O=C1c2ccccc2NC(c2ccc(OCCO)cc2Br)N1C1CC1. The summed E-state index contributed by atoms with van der Waals surface area (Å²) in [6.07, 6.45) is 1.87. The molecule has 2 aromatic carbocycles. The number of aliphatic hydroxyl groups is 1. The van der Waals surface area contributed by atoms with Gasteiger partial charge in [0, 0.05) is 21.8 Å². The third-order valence-corrected chi connectivity index (χ3v) is 5.22. The Labute approximate surface area is 154 Å². The highest BCUT2D eigenvalue weighted by Gasteiger charge is 2.42. The molecule has 130 valence electrons. The van der Waals surface area contributed by atoms with E-state index in [0.717, 1.165) is 34.1 Å². The average Bonchev–Trinajstić information content (AvgIpc) is 3.45. The van der Waals surface area contributed by atoms with E-state index in [4.69, 9.17) is 9.84 Å². The zero-order valence-corrected chi connectivity index (χ0v) is 15.2. The van der Waals surface area contributed by atoms with E-state index in [9.17, 15) is 4.79 Å². The lowest BCUT2D eigenvalue weighted by Gasteiger charge is -2.38. The first-order valence-electron chi connectivity index (χ1n) is 8.40. The second kappa shape index (κ2) is 6.69. The molecule has 0 saturated heterocycles. The van der Waals surface area contributed by atoms with Crippen molar-refractivity contribution in [2.24, 2.45) is 0 Å². The maximum Gasteiger partial charge on any atom is 0.258 e. The highest BCUT2D eigenvalue weighted by atomic mass is 79.9. The summed E-state index contributed by atoms with van der Waals surface area (Å²) in [5, 5.41) is 12.4. The van der Waals surface area contributed by atoms with Crippen LogP contribution in [0.1, 0.15) is 34.9 Å². The Kier molecular flexibility index (Phi) is 4.39. The van der Waals surface area contributed by atoms with E-state index in [1.165, 1.54) is 0 Å². The van der Waals surface area contributed by atoms with Crippen LogP contribution in [0.5, 0.6) is 5.75 Å². The van der Waals surface area contributed by atoms with E-state index in [2.05, 4.69) is 21.2 Å². The highest BCUT2D eigenvalue weighted by Crippen LogP contribution is 2.42. The molecule has 0 spiro atoms. The van der Waals surface area contributed by atoms with Crippen molar-refractivity contribution in [1.29, 1.82) is 0 Å². The second-order valence-corrected chi connectivity index (χ2v) is 7.15. The molecule has 1 amide bonds. The summed E-state index contributed by atoms with van der Waals surface area (Å²) in [5.41, 5.74) is 2.58. The van der Waals surface area contributed by atoms with Crippen molar-refractivity contribution in [2.45, 2.75) is 25.0 Å². The molecule has 1 unspecified atom stereocenters. The van der Waals surface area contributed by atoms with Gasteiger partial charge in [-0.15, -0.1) is 0 Å². The lowest BCUT2D eigenvalue weighted by atomic mass is 10.0. The molecule has 2 N–H and O–H groups in total. The lowest BCUT2D eigenvalue weighted by molar-refractivity contribution is 0.0666. The Morgan fingerprint density at radius 1 is 1.24 bits per heavy atom. The number of para-hydroxylation sites is 1. The summed E-state index contributed by atoms with van der Waals surface area (Å²) in [4.78, 5) is 15.0. The van der Waals surface area contributed by atoms with Crippen LogP contribution in [0.25, 0.3) is 0 Å². The maximum absolute atomic E-state index is 13.0. The van der Waals surface area contributed by atoms with Crippen molar-refractivity contribution >= 4 is 27.5 Å². The summed E-state index contributed by atoms with van der Waals surface area (Å²) in [5.74, 6) is 0.763. The van der Waals surface area contributed by atoms with Crippen LogP contribution in [0.4, 0.5) is 5.69 Å². The second-order valence-electron chi connectivity index (χ2n) is 6.29. The van der Waals surface area contributed by atoms with Gasteiger partial charge in [0.1, 0.15) is 18.5 Å². The highest BCUT2D eigenvalue weighted by molar-refractivity contribution is 9.10. The van der Waals surface area contributed by atoms with Crippen LogP contribution in [-0.2, 0) is 0 Å². The Bertz CT molecular complexity index is 807. The predicted octanol–water partition coefficient (Wildman–Crippen LogP) is 3.55. The van der Waals surface area contributed by atoms with E-state index >= 15 is 0 Å². The van der Waals surface area contributed by atoms with Crippen LogP contribution in [0.2, 0.25) is 0 Å². The number of ether oxygens (including phenoxy) is 1. The van der Waals surface area contributed by atoms with Crippen molar-refractivity contribution in [1.82, 2.24) is 4.90 Å². The molecule has 1 aliphatic carbocycles. The number of halogens is 1. The van der Waals surface area contributed by atoms with Gasteiger partial charge in [0.2, 0.25) is 0 Å². The number of hydrogen-bond acceptors (Lipinski definition) is 4. The zero-order chi connectivity index (χ0) is 17.4. The zero-order valence-electron chi connectivity index (χ0n) is 13.6. The van der Waals surface area contributed by atoms with Gasteiger partial charge in [-0.05, 0) is 37.1 Å². The largest absolute Gasteiger partial charge is 0.491 e. The molecular formula is C19H19BrN2O3. The first kappa shape index (κ1) is 16.4. The third kappa shape index (κ3) is 3.12. The molecule has 2 aromatic rings. The molecule has 1 heterocycles. The van der Waals surface area contributed by atoms with Gasteiger partial charge < -0.3 is 20.1 Å². The first-order chi connectivity index (χ1) is 12.2. The van der Waals surface area contributed by atoms with E-state index in [1.807, 2.05) is 47.4 Å². The van der Waals surface area contributed by atoms with E-state index in [1.54, 1.807) is 0 Å². The van der Waals surface area contributed by atoms with Crippen molar-refractivity contribution in [3.05, 3.63) is 58.1 Å². The molecule has 0 aromatic heterocycles. The Hall–Kier alpha value is -2.05. The Morgan fingerprint density at radius 3 is 2.76 bits per heavy atom. The summed E-state index contributed by atoms with van der Waals surface area (Å²) < 4.78 is 6.33. The van der Waals surface area contributed by atoms with Gasteiger partial charge in [-0.3, -0.25) is 4.79 Å². The number of carbonyl (C=O) groups is 1. The van der Waals surface area contributed by atoms with Crippen LogP contribution >= 0.6 is 15.9 Å². The van der Waals surface area contributed by atoms with Crippen LogP contribution in [0.3, 0.4) is 0 Å². The molecule has 4 rings (SSSR count). The molecule has 6 heteroatoms. The van der Waals surface area contributed by atoms with Crippen molar-refractivity contribution in [3.63, 3.8) is 0 Å². The number of hydrogen-bond donors (Lipinski definition) is 2. The number of benzene rings is 2. The standard InChI is InChI=1S/C19H19BrN2O3/c20-16-11-13(25-10-9-23)7-8-14(16)18-21-17-4-2-1-3-15(17)19(24)22(18)12-5-6-12/h1-4,7-8,11-12,18,21,23H,5-6,9-10H2. The lowest BCUT2D eigenvalue weighted by Crippen LogP contribution is -2.44.